The van der Waals surface area contributed by atoms with E-state index in [9.17, 15) is 9.59 Å². The zero-order valence-electron chi connectivity index (χ0n) is 13.5. The van der Waals surface area contributed by atoms with Gasteiger partial charge in [0.2, 0.25) is 11.0 Å². The van der Waals surface area contributed by atoms with Crippen molar-refractivity contribution in [2.75, 3.05) is 12.4 Å². The summed E-state index contributed by atoms with van der Waals surface area (Å²) in [5.74, 6) is -0.193. The van der Waals surface area contributed by atoms with Crippen molar-refractivity contribution in [2.45, 2.75) is 26.0 Å². The number of hydrogen-bond donors (Lipinski definition) is 1. The van der Waals surface area contributed by atoms with E-state index in [1.807, 2.05) is 0 Å². The van der Waals surface area contributed by atoms with Crippen LogP contribution < -0.4 is 10.9 Å². The number of ether oxygens (including phenoxy) is 1. The summed E-state index contributed by atoms with van der Waals surface area (Å²) < 4.78 is 6.23. The molecule has 0 aliphatic heterocycles. The third-order valence-electron chi connectivity index (χ3n) is 3.38. The highest BCUT2D eigenvalue weighted by Gasteiger charge is 2.09. The second-order valence-electron chi connectivity index (χ2n) is 5.22. The molecule has 0 atom stereocenters. The monoisotopic (exact) mass is 360 g/mol. The van der Waals surface area contributed by atoms with Crippen LogP contribution in [0.2, 0.25) is 0 Å². The van der Waals surface area contributed by atoms with Crippen LogP contribution in [0.25, 0.3) is 10.9 Å². The molecular formula is C15H16N6O3S. The molecule has 0 saturated carbocycles. The van der Waals surface area contributed by atoms with Crippen LogP contribution in [0.3, 0.4) is 0 Å². The lowest BCUT2D eigenvalue weighted by atomic mass is 10.2. The number of aryl methyl sites for hydroxylation is 1. The van der Waals surface area contributed by atoms with Gasteiger partial charge in [-0.3, -0.25) is 9.59 Å². The number of amides is 1. The standard InChI is InChI=1S/C15H16N6O3S/c1-24-9-13-18-19-15(25-13)16-12(22)7-4-8-21-14(23)10-5-2-3-6-11(10)17-20-21/h2-3,5-6H,4,7-9H2,1H3,(H,16,19,22). The van der Waals surface area contributed by atoms with Crippen LogP contribution >= 0.6 is 11.3 Å². The van der Waals surface area contributed by atoms with Gasteiger partial charge in [0, 0.05) is 20.1 Å². The molecule has 3 rings (SSSR count). The number of carbonyl (C=O) groups excluding carboxylic acids is 1. The minimum Gasteiger partial charge on any atom is -0.377 e. The van der Waals surface area contributed by atoms with E-state index >= 15 is 0 Å². The average molecular weight is 360 g/mol. The largest absolute Gasteiger partial charge is 0.377 e. The topological polar surface area (TPSA) is 112 Å². The Morgan fingerprint density at radius 1 is 1.28 bits per heavy atom. The molecule has 9 nitrogen and oxygen atoms in total. The van der Waals surface area contributed by atoms with E-state index in [0.717, 1.165) is 0 Å². The Balaban J connectivity index is 1.54. The summed E-state index contributed by atoms with van der Waals surface area (Å²) in [5.41, 5.74) is 0.351. The van der Waals surface area contributed by atoms with Crippen LogP contribution in [0.15, 0.2) is 29.1 Å². The second kappa shape index (κ2) is 7.90. The van der Waals surface area contributed by atoms with Gasteiger partial charge in [-0.1, -0.05) is 28.7 Å². The number of nitrogens with one attached hydrogen (secondary N) is 1. The first-order valence-corrected chi connectivity index (χ1v) is 8.43. The van der Waals surface area contributed by atoms with Gasteiger partial charge in [-0.05, 0) is 18.6 Å². The summed E-state index contributed by atoms with van der Waals surface area (Å²) in [4.78, 5) is 24.2. The van der Waals surface area contributed by atoms with Crippen molar-refractivity contribution >= 4 is 33.3 Å². The fourth-order valence-electron chi connectivity index (χ4n) is 2.23. The molecule has 3 aromatic rings. The van der Waals surface area contributed by atoms with Crippen LogP contribution in [0.4, 0.5) is 5.13 Å². The Labute approximate surface area is 146 Å². The highest BCUT2D eigenvalue weighted by molar-refractivity contribution is 7.15. The maximum Gasteiger partial charge on any atom is 0.277 e. The van der Waals surface area contributed by atoms with Crippen molar-refractivity contribution in [3.63, 3.8) is 0 Å². The van der Waals surface area contributed by atoms with E-state index in [1.54, 1.807) is 31.4 Å². The molecule has 0 unspecified atom stereocenters. The van der Waals surface area contributed by atoms with E-state index in [0.29, 0.717) is 40.6 Å². The van der Waals surface area contributed by atoms with E-state index in [-0.39, 0.29) is 17.9 Å². The van der Waals surface area contributed by atoms with Gasteiger partial charge in [0.25, 0.3) is 5.56 Å². The third kappa shape index (κ3) is 4.22. The maximum atomic E-state index is 12.3. The molecule has 1 amide bonds. The molecule has 0 spiro atoms. The third-order valence-corrected chi connectivity index (χ3v) is 4.20. The molecule has 0 saturated heterocycles. The maximum absolute atomic E-state index is 12.3. The molecular weight excluding hydrogens is 344 g/mol. The first-order valence-electron chi connectivity index (χ1n) is 7.61. The molecule has 130 valence electrons. The highest BCUT2D eigenvalue weighted by Crippen LogP contribution is 2.16. The number of rotatable bonds is 7. The first-order chi connectivity index (χ1) is 12.2. The van der Waals surface area contributed by atoms with Crippen molar-refractivity contribution in [1.29, 1.82) is 0 Å². The molecule has 2 aromatic heterocycles. The number of carbonyl (C=O) groups is 1. The zero-order valence-corrected chi connectivity index (χ0v) is 14.3. The molecule has 25 heavy (non-hydrogen) atoms. The Morgan fingerprint density at radius 3 is 2.96 bits per heavy atom. The van der Waals surface area contributed by atoms with E-state index in [4.69, 9.17) is 4.74 Å². The van der Waals surface area contributed by atoms with Crippen LogP contribution in [0, 0.1) is 0 Å². The minimum absolute atomic E-state index is 0.193. The van der Waals surface area contributed by atoms with Gasteiger partial charge in [0.05, 0.1) is 5.39 Å². The van der Waals surface area contributed by atoms with Gasteiger partial charge in [0.15, 0.2) is 0 Å². The van der Waals surface area contributed by atoms with Gasteiger partial charge < -0.3 is 10.1 Å². The van der Waals surface area contributed by atoms with Gasteiger partial charge >= 0.3 is 0 Å². The van der Waals surface area contributed by atoms with Crippen LogP contribution in [0.5, 0.6) is 0 Å². The smallest absolute Gasteiger partial charge is 0.277 e. The Bertz CT molecular complexity index is 938. The van der Waals surface area contributed by atoms with Gasteiger partial charge in [-0.25, -0.2) is 4.68 Å². The van der Waals surface area contributed by atoms with Crippen LogP contribution in [0.1, 0.15) is 17.8 Å². The summed E-state index contributed by atoms with van der Waals surface area (Å²) in [7, 11) is 1.57. The Hall–Kier alpha value is -2.72. The lowest BCUT2D eigenvalue weighted by molar-refractivity contribution is -0.116. The summed E-state index contributed by atoms with van der Waals surface area (Å²) in [5, 5.41) is 20.0. The number of hydrogen-bond acceptors (Lipinski definition) is 8. The fourth-order valence-corrected chi connectivity index (χ4v) is 2.95. The number of nitrogens with zero attached hydrogens (tertiary/aromatic N) is 5. The number of fused-ring (bicyclic) bond motifs is 1. The molecule has 0 radical (unpaired) electrons. The molecule has 2 heterocycles. The minimum atomic E-state index is -0.209. The molecule has 0 aliphatic rings. The summed E-state index contributed by atoms with van der Waals surface area (Å²) >= 11 is 1.26. The van der Waals surface area contributed by atoms with Crippen molar-refractivity contribution in [3.05, 3.63) is 39.6 Å². The fraction of sp³-hybridized carbons (Fsp3) is 0.333. The molecule has 0 aliphatic carbocycles. The van der Waals surface area contributed by atoms with Crippen molar-refractivity contribution in [2.24, 2.45) is 0 Å². The SMILES string of the molecule is COCc1nnc(NC(=O)CCCn2nnc3ccccc3c2=O)s1. The molecule has 1 aromatic carbocycles. The summed E-state index contributed by atoms with van der Waals surface area (Å²) in [6.45, 7) is 0.673. The number of anilines is 1. The molecule has 0 bridgehead atoms. The quantitative estimate of drug-likeness (QED) is 0.674. The number of benzene rings is 1. The van der Waals surface area contributed by atoms with Crippen LogP contribution in [-0.2, 0) is 22.7 Å². The number of aromatic nitrogens is 5. The van der Waals surface area contributed by atoms with Gasteiger partial charge in [-0.2, -0.15) is 0 Å². The average Bonchev–Trinajstić information content (AvgIpc) is 3.04. The molecule has 10 heteroatoms. The Morgan fingerprint density at radius 2 is 2.12 bits per heavy atom. The predicted molar refractivity (Wildman–Crippen MR) is 92.3 cm³/mol. The zero-order chi connectivity index (χ0) is 17.6. The van der Waals surface area contributed by atoms with Crippen molar-refractivity contribution < 1.29 is 9.53 Å². The molecule has 0 fully saturated rings. The predicted octanol–water partition coefficient (Wildman–Crippen LogP) is 1.21. The molecule has 1 N–H and O–H groups in total. The number of methoxy groups -OCH3 is 1. The normalized spacial score (nSPS) is 10.9. The van der Waals surface area contributed by atoms with E-state index < -0.39 is 0 Å². The lowest BCUT2D eigenvalue weighted by Gasteiger charge is -2.04. The van der Waals surface area contributed by atoms with Gasteiger partial charge in [-0.15, -0.1) is 15.3 Å². The summed E-state index contributed by atoms with van der Waals surface area (Å²) in [6.07, 6.45) is 0.697. The Kier molecular flexibility index (Phi) is 5.41. The van der Waals surface area contributed by atoms with Gasteiger partial charge in [0.1, 0.15) is 17.1 Å². The summed E-state index contributed by atoms with van der Waals surface area (Å²) in [6, 6.07) is 7.03. The van der Waals surface area contributed by atoms with Crippen molar-refractivity contribution in [3.8, 4) is 0 Å². The first kappa shape index (κ1) is 17.1. The van der Waals surface area contributed by atoms with E-state index in [2.05, 4.69) is 25.8 Å². The lowest BCUT2D eigenvalue weighted by Crippen LogP contribution is -2.25. The van der Waals surface area contributed by atoms with E-state index in [1.165, 1.54) is 16.0 Å². The van der Waals surface area contributed by atoms with Crippen molar-refractivity contribution in [1.82, 2.24) is 25.2 Å². The second-order valence-corrected chi connectivity index (χ2v) is 6.28. The highest BCUT2D eigenvalue weighted by atomic mass is 32.1. The van der Waals surface area contributed by atoms with Crippen LogP contribution in [-0.4, -0.2) is 38.2 Å².